The van der Waals surface area contributed by atoms with Crippen molar-refractivity contribution in [3.05, 3.63) is 54.1 Å². The van der Waals surface area contributed by atoms with E-state index in [2.05, 4.69) is 32.0 Å². The number of anilines is 1. The summed E-state index contributed by atoms with van der Waals surface area (Å²) in [4.78, 5) is 17.2. The highest BCUT2D eigenvalue weighted by atomic mass is 19.1. The zero-order chi connectivity index (χ0) is 18.1. The highest BCUT2D eigenvalue weighted by molar-refractivity contribution is 5.53. The lowest BCUT2D eigenvalue weighted by molar-refractivity contribution is 0.621. The van der Waals surface area contributed by atoms with Gasteiger partial charge in [0.15, 0.2) is 17.3 Å². The van der Waals surface area contributed by atoms with Crippen LogP contribution in [0.25, 0.3) is 17.2 Å². The first kappa shape index (κ1) is 16.1. The van der Waals surface area contributed by atoms with Gasteiger partial charge in [0, 0.05) is 24.2 Å². The number of fused-ring (bicyclic) bond motifs is 1. The second-order valence-electron chi connectivity index (χ2n) is 5.87. The summed E-state index contributed by atoms with van der Waals surface area (Å²) in [7, 11) is 0. The molecule has 0 unspecified atom stereocenters. The molecule has 0 spiro atoms. The minimum Gasteiger partial charge on any atom is -0.366 e. The second-order valence-corrected chi connectivity index (χ2v) is 5.87. The number of aryl methyl sites for hydroxylation is 1. The summed E-state index contributed by atoms with van der Waals surface area (Å²) in [6, 6.07) is 2.92. The van der Waals surface area contributed by atoms with E-state index in [4.69, 9.17) is 5.73 Å². The predicted octanol–water partition coefficient (Wildman–Crippen LogP) is 2.10. The molecule has 0 saturated carbocycles. The molecule has 4 heterocycles. The van der Waals surface area contributed by atoms with Gasteiger partial charge in [0.2, 0.25) is 5.95 Å². The molecule has 0 aliphatic rings. The Morgan fingerprint density at radius 2 is 2.08 bits per heavy atom. The van der Waals surface area contributed by atoms with Gasteiger partial charge in [-0.05, 0) is 18.6 Å². The molecule has 9 heteroatoms. The molecule has 132 valence electrons. The second kappa shape index (κ2) is 6.51. The molecular formula is C17H17FN8. The Kier molecular flexibility index (Phi) is 4.04. The summed E-state index contributed by atoms with van der Waals surface area (Å²) in [6.45, 7) is 2.50. The number of aromatic nitrogens is 7. The van der Waals surface area contributed by atoms with E-state index in [1.807, 2.05) is 4.57 Å². The van der Waals surface area contributed by atoms with Crippen LogP contribution in [0.5, 0.6) is 0 Å². The molecule has 0 bridgehead atoms. The van der Waals surface area contributed by atoms with Gasteiger partial charge in [0.25, 0.3) is 0 Å². The fraction of sp³-hybridized carbons (Fsp3) is 0.235. The molecule has 0 radical (unpaired) electrons. The van der Waals surface area contributed by atoms with Crippen LogP contribution in [0.15, 0.2) is 37.1 Å². The average molecular weight is 352 g/mol. The molecular weight excluding hydrogens is 335 g/mol. The standard InChI is InChI=1S/C17H17FN8/c1-2-4-11-13(22-10-26-15(11)23-17(19)24-26)9-25-8-7-21-16(25)14-12(18)5-3-6-20-14/h3,5-8,10H,2,4,9H2,1H3,(H2,19,24). The lowest BCUT2D eigenvalue weighted by Gasteiger charge is -2.11. The zero-order valence-corrected chi connectivity index (χ0v) is 14.2. The maximum atomic E-state index is 14.1. The Balaban J connectivity index is 1.78. The largest absolute Gasteiger partial charge is 0.366 e. The van der Waals surface area contributed by atoms with Crippen LogP contribution in [0.1, 0.15) is 24.6 Å². The third-order valence-corrected chi connectivity index (χ3v) is 4.09. The Morgan fingerprint density at radius 3 is 2.88 bits per heavy atom. The maximum Gasteiger partial charge on any atom is 0.240 e. The lowest BCUT2D eigenvalue weighted by Crippen LogP contribution is -2.10. The van der Waals surface area contributed by atoms with E-state index in [1.54, 1.807) is 35.5 Å². The van der Waals surface area contributed by atoms with Gasteiger partial charge in [-0.3, -0.25) is 0 Å². The number of nitrogens with two attached hydrogens (primary N) is 1. The Hall–Kier alpha value is -3.36. The number of nitrogen functional groups attached to an aromatic ring is 1. The van der Waals surface area contributed by atoms with E-state index >= 15 is 0 Å². The first-order valence-electron chi connectivity index (χ1n) is 8.28. The summed E-state index contributed by atoms with van der Waals surface area (Å²) in [5, 5.41) is 4.11. The number of halogens is 1. The molecule has 2 N–H and O–H groups in total. The molecule has 8 nitrogen and oxygen atoms in total. The van der Waals surface area contributed by atoms with Gasteiger partial charge < -0.3 is 10.3 Å². The normalized spacial score (nSPS) is 11.3. The minimum absolute atomic E-state index is 0.208. The Bertz CT molecular complexity index is 1070. The molecule has 4 aromatic heterocycles. The van der Waals surface area contributed by atoms with E-state index in [1.165, 1.54) is 6.07 Å². The molecule has 0 aliphatic heterocycles. The molecule has 0 saturated heterocycles. The molecule has 0 aliphatic carbocycles. The number of imidazole rings is 1. The quantitative estimate of drug-likeness (QED) is 0.590. The Labute approximate surface area is 148 Å². The first-order valence-corrected chi connectivity index (χ1v) is 8.28. The van der Waals surface area contributed by atoms with Crippen molar-refractivity contribution in [1.29, 1.82) is 0 Å². The highest BCUT2D eigenvalue weighted by Gasteiger charge is 2.17. The predicted molar refractivity (Wildman–Crippen MR) is 93.7 cm³/mol. The van der Waals surface area contributed by atoms with Gasteiger partial charge in [-0.25, -0.2) is 23.9 Å². The smallest absolute Gasteiger partial charge is 0.240 e. The molecule has 0 atom stereocenters. The van der Waals surface area contributed by atoms with Gasteiger partial charge in [-0.2, -0.15) is 4.98 Å². The minimum atomic E-state index is -0.414. The summed E-state index contributed by atoms with van der Waals surface area (Å²) in [6.07, 6.45) is 8.24. The van der Waals surface area contributed by atoms with Crippen molar-refractivity contribution >= 4 is 11.6 Å². The first-order chi connectivity index (χ1) is 12.7. The van der Waals surface area contributed by atoms with Gasteiger partial charge in [-0.1, -0.05) is 13.3 Å². The summed E-state index contributed by atoms with van der Waals surface area (Å²) in [5.74, 6) is 0.246. The van der Waals surface area contributed by atoms with Crippen molar-refractivity contribution in [2.75, 3.05) is 5.73 Å². The average Bonchev–Trinajstić information content (AvgIpc) is 3.23. The number of hydrogen-bond acceptors (Lipinski definition) is 6. The van der Waals surface area contributed by atoms with Crippen LogP contribution in [-0.2, 0) is 13.0 Å². The van der Waals surface area contributed by atoms with Crippen LogP contribution < -0.4 is 5.73 Å². The third kappa shape index (κ3) is 2.77. The maximum absolute atomic E-state index is 14.1. The van der Waals surface area contributed by atoms with Crippen molar-refractivity contribution in [3.8, 4) is 11.5 Å². The fourth-order valence-corrected chi connectivity index (χ4v) is 2.97. The third-order valence-electron chi connectivity index (χ3n) is 4.09. The molecule has 26 heavy (non-hydrogen) atoms. The van der Waals surface area contributed by atoms with Crippen LogP contribution >= 0.6 is 0 Å². The zero-order valence-electron chi connectivity index (χ0n) is 14.2. The van der Waals surface area contributed by atoms with Crippen LogP contribution in [0.4, 0.5) is 10.3 Å². The van der Waals surface area contributed by atoms with E-state index in [9.17, 15) is 4.39 Å². The van der Waals surface area contributed by atoms with Crippen molar-refractivity contribution in [1.82, 2.24) is 34.1 Å². The number of hydrogen-bond donors (Lipinski definition) is 1. The van der Waals surface area contributed by atoms with Gasteiger partial charge in [0.05, 0.1) is 12.2 Å². The molecule has 4 rings (SSSR count). The van der Waals surface area contributed by atoms with Crippen molar-refractivity contribution in [3.63, 3.8) is 0 Å². The highest BCUT2D eigenvalue weighted by Crippen LogP contribution is 2.21. The van der Waals surface area contributed by atoms with E-state index in [-0.39, 0.29) is 11.6 Å². The lowest BCUT2D eigenvalue weighted by atomic mass is 10.1. The number of rotatable bonds is 5. The van der Waals surface area contributed by atoms with Crippen LogP contribution in [0, 0.1) is 5.82 Å². The van der Waals surface area contributed by atoms with E-state index < -0.39 is 5.82 Å². The Morgan fingerprint density at radius 1 is 1.19 bits per heavy atom. The molecule has 0 aromatic carbocycles. The molecule has 4 aromatic rings. The SMILES string of the molecule is CCCc1c(Cn2ccnc2-c2ncccc2F)ncn2nc(N)nc12. The van der Waals surface area contributed by atoms with Crippen LogP contribution in [0.2, 0.25) is 0 Å². The van der Waals surface area contributed by atoms with Gasteiger partial charge >= 0.3 is 0 Å². The summed E-state index contributed by atoms with van der Waals surface area (Å²) in [5.41, 5.74) is 8.42. The van der Waals surface area contributed by atoms with Crippen molar-refractivity contribution < 1.29 is 4.39 Å². The molecule has 0 amide bonds. The van der Waals surface area contributed by atoms with Crippen LogP contribution in [0.3, 0.4) is 0 Å². The molecule has 0 fully saturated rings. The van der Waals surface area contributed by atoms with Gasteiger partial charge in [0.1, 0.15) is 12.0 Å². The van der Waals surface area contributed by atoms with E-state index in [0.29, 0.717) is 18.0 Å². The monoisotopic (exact) mass is 352 g/mol. The summed E-state index contributed by atoms with van der Waals surface area (Å²) < 4.78 is 17.5. The van der Waals surface area contributed by atoms with Crippen molar-refractivity contribution in [2.45, 2.75) is 26.3 Å². The van der Waals surface area contributed by atoms with Gasteiger partial charge in [-0.15, -0.1) is 5.10 Å². The fourth-order valence-electron chi connectivity index (χ4n) is 2.97. The van der Waals surface area contributed by atoms with Crippen molar-refractivity contribution in [2.24, 2.45) is 0 Å². The van der Waals surface area contributed by atoms with E-state index in [0.717, 1.165) is 24.1 Å². The summed E-state index contributed by atoms with van der Waals surface area (Å²) >= 11 is 0. The number of pyridine rings is 1. The van der Waals surface area contributed by atoms with Crippen LogP contribution in [-0.4, -0.2) is 34.1 Å². The number of nitrogens with zero attached hydrogens (tertiary/aromatic N) is 7. The topological polar surface area (TPSA) is 99.8 Å².